The zero-order chi connectivity index (χ0) is 15.1. The average Bonchev–Trinajstić information content (AvgIpc) is 2.53. The molecule has 3 heteroatoms. The fourth-order valence-electron chi connectivity index (χ4n) is 2.54. The SMILES string of the molecule is CCC(N[C@@H](CO)Cc1ccccc1)c1ccccc1F. The molecule has 2 aromatic carbocycles. The fraction of sp³-hybridized carbons (Fsp3) is 0.333. The van der Waals surface area contributed by atoms with Crippen molar-refractivity contribution < 1.29 is 9.50 Å². The van der Waals surface area contributed by atoms with E-state index < -0.39 is 0 Å². The van der Waals surface area contributed by atoms with Crippen LogP contribution in [0.15, 0.2) is 54.6 Å². The monoisotopic (exact) mass is 287 g/mol. The van der Waals surface area contributed by atoms with Gasteiger partial charge in [0.1, 0.15) is 5.82 Å². The van der Waals surface area contributed by atoms with Gasteiger partial charge in [0.05, 0.1) is 6.61 Å². The molecule has 0 spiro atoms. The molecular formula is C18H22FNO. The molecule has 0 aliphatic rings. The highest BCUT2D eigenvalue weighted by molar-refractivity contribution is 5.22. The highest BCUT2D eigenvalue weighted by Gasteiger charge is 2.18. The third-order valence-corrected chi connectivity index (χ3v) is 3.67. The van der Waals surface area contributed by atoms with Gasteiger partial charge in [0, 0.05) is 17.6 Å². The summed E-state index contributed by atoms with van der Waals surface area (Å²) in [6.07, 6.45) is 1.49. The lowest BCUT2D eigenvalue weighted by Gasteiger charge is -2.24. The van der Waals surface area contributed by atoms with Crippen LogP contribution in [-0.4, -0.2) is 17.8 Å². The zero-order valence-corrected chi connectivity index (χ0v) is 12.3. The number of nitrogens with one attached hydrogen (secondary N) is 1. The van der Waals surface area contributed by atoms with E-state index in [2.05, 4.69) is 5.32 Å². The lowest BCUT2D eigenvalue weighted by atomic mass is 10.0. The Labute approximate surface area is 125 Å². The minimum atomic E-state index is -0.201. The van der Waals surface area contributed by atoms with Crippen molar-refractivity contribution in [2.75, 3.05) is 6.61 Å². The van der Waals surface area contributed by atoms with Gasteiger partial charge < -0.3 is 10.4 Å². The molecule has 0 bridgehead atoms. The van der Waals surface area contributed by atoms with Gasteiger partial charge in [-0.25, -0.2) is 4.39 Å². The number of hydrogen-bond donors (Lipinski definition) is 2. The van der Waals surface area contributed by atoms with Crippen LogP contribution in [0.2, 0.25) is 0 Å². The van der Waals surface area contributed by atoms with Crippen LogP contribution in [0.25, 0.3) is 0 Å². The van der Waals surface area contributed by atoms with Gasteiger partial charge in [-0.05, 0) is 24.5 Å². The summed E-state index contributed by atoms with van der Waals surface area (Å²) in [5.41, 5.74) is 1.82. The second-order valence-corrected chi connectivity index (χ2v) is 5.22. The minimum absolute atomic E-state index is 0.0276. The summed E-state index contributed by atoms with van der Waals surface area (Å²) in [7, 11) is 0. The smallest absolute Gasteiger partial charge is 0.127 e. The van der Waals surface area contributed by atoms with Crippen molar-refractivity contribution in [2.24, 2.45) is 0 Å². The summed E-state index contributed by atoms with van der Waals surface area (Å²) in [4.78, 5) is 0. The summed E-state index contributed by atoms with van der Waals surface area (Å²) in [6.45, 7) is 2.04. The maximum absolute atomic E-state index is 13.9. The van der Waals surface area contributed by atoms with Crippen molar-refractivity contribution in [3.8, 4) is 0 Å². The average molecular weight is 287 g/mol. The number of hydrogen-bond acceptors (Lipinski definition) is 2. The normalized spacial score (nSPS) is 13.9. The Kier molecular flexibility index (Phi) is 5.90. The van der Waals surface area contributed by atoms with Crippen molar-refractivity contribution in [3.05, 3.63) is 71.5 Å². The van der Waals surface area contributed by atoms with Crippen LogP contribution in [0.1, 0.15) is 30.5 Å². The van der Waals surface area contributed by atoms with Crippen molar-refractivity contribution in [1.29, 1.82) is 0 Å². The van der Waals surface area contributed by atoms with Gasteiger partial charge in [-0.15, -0.1) is 0 Å². The van der Waals surface area contributed by atoms with Crippen LogP contribution in [0, 0.1) is 5.82 Å². The Hall–Kier alpha value is -1.71. The molecule has 1 unspecified atom stereocenters. The molecule has 0 fully saturated rings. The lowest BCUT2D eigenvalue weighted by molar-refractivity contribution is 0.228. The van der Waals surface area contributed by atoms with Gasteiger partial charge in [-0.2, -0.15) is 0 Å². The van der Waals surface area contributed by atoms with Crippen molar-refractivity contribution in [1.82, 2.24) is 5.32 Å². The summed E-state index contributed by atoms with van der Waals surface area (Å²) < 4.78 is 13.9. The first kappa shape index (κ1) is 15.7. The van der Waals surface area contributed by atoms with Crippen LogP contribution >= 0.6 is 0 Å². The molecule has 2 atom stereocenters. The summed E-state index contributed by atoms with van der Waals surface area (Å²) >= 11 is 0. The Bertz CT molecular complexity index is 544. The van der Waals surface area contributed by atoms with Gasteiger partial charge in [-0.1, -0.05) is 55.5 Å². The highest BCUT2D eigenvalue weighted by atomic mass is 19.1. The van der Waals surface area contributed by atoms with E-state index >= 15 is 0 Å². The van der Waals surface area contributed by atoms with E-state index in [4.69, 9.17) is 0 Å². The van der Waals surface area contributed by atoms with E-state index in [0.29, 0.717) is 5.56 Å². The molecule has 2 aromatic rings. The molecule has 2 rings (SSSR count). The zero-order valence-electron chi connectivity index (χ0n) is 12.3. The van der Waals surface area contributed by atoms with Gasteiger partial charge in [0.2, 0.25) is 0 Å². The first-order chi connectivity index (χ1) is 10.2. The van der Waals surface area contributed by atoms with Gasteiger partial charge in [-0.3, -0.25) is 0 Å². The largest absolute Gasteiger partial charge is 0.395 e. The van der Waals surface area contributed by atoms with Gasteiger partial charge in [0.25, 0.3) is 0 Å². The molecule has 0 aliphatic carbocycles. The molecule has 0 amide bonds. The van der Waals surface area contributed by atoms with E-state index in [9.17, 15) is 9.50 Å². The Balaban J connectivity index is 2.07. The molecule has 21 heavy (non-hydrogen) atoms. The predicted octanol–water partition coefficient (Wildman–Crippen LogP) is 3.47. The van der Waals surface area contributed by atoms with Crippen molar-refractivity contribution in [3.63, 3.8) is 0 Å². The van der Waals surface area contributed by atoms with E-state index in [0.717, 1.165) is 18.4 Å². The van der Waals surface area contributed by atoms with Crippen LogP contribution < -0.4 is 5.32 Å². The van der Waals surface area contributed by atoms with E-state index in [1.54, 1.807) is 12.1 Å². The number of aliphatic hydroxyl groups is 1. The van der Waals surface area contributed by atoms with E-state index in [-0.39, 0.29) is 24.5 Å². The minimum Gasteiger partial charge on any atom is -0.395 e. The van der Waals surface area contributed by atoms with E-state index in [1.807, 2.05) is 43.3 Å². The highest BCUT2D eigenvalue weighted by Crippen LogP contribution is 2.21. The van der Waals surface area contributed by atoms with Crippen LogP contribution in [-0.2, 0) is 6.42 Å². The van der Waals surface area contributed by atoms with Crippen LogP contribution in [0.4, 0.5) is 4.39 Å². The Morgan fingerprint density at radius 1 is 1.05 bits per heavy atom. The number of aliphatic hydroxyl groups excluding tert-OH is 1. The number of benzene rings is 2. The maximum Gasteiger partial charge on any atom is 0.127 e. The topological polar surface area (TPSA) is 32.3 Å². The molecule has 2 N–H and O–H groups in total. The van der Waals surface area contributed by atoms with Gasteiger partial charge >= 0.3 is 0 Å². The molecule has 0 radical (unpaired) electrons. The summed E-state index contributed by atoms with van der Waals surface area (Å²) in [6, 6.07) is 16.6. The van der Waals surface area contributed by atoms with Crippen LogP contribution in [0.3, 0.4) is 0 Å². The van der Waals surface area contributed by atoms with Crippen molar-refractivity contribution >= 4 is 0 Å². The maximum atomic E-state index is 13.9. The molecular weight excluding hydrogens is 265 g/mol. The predicted molar refractivity (Wildman–Crippen MR) is 83.6 cm³/mol. The first-order valence-electron chi connectivity index (χ1n) is 7.39. The summed E-state index contributed by atoms with van der Waals surface area (Å²) in [5, 5.41) is 13.0. The standard InChI is InChI=1S/C18H22FNO/c1-2-18(16-10-6-7-11-17(16)19)20-15(13-21)12-14-8-4-3-5-9-14/h3-11,15,18,20-21H,2,12-13H2,1H3/t15-,18?/m1/s1. The molecule has 112 valence electrons. The second-order valence-electron chi connectivity index (χ2n) is 5.22. The molecule has 2 nitrogen and oxygen atoms in total. The molecule has 0 aliphatic heterocycles. The van der Waals surface area contributed by atoms with Crippen molar-refractivity contribution in [2.45, 2.75) is 31.8 Å². The summed E-state index contributed by atoms with van der Waals surface area (Å²) in [5.74, 6) is -0.201. The molecule has 0 aromatic heterocycles. The Morgan fingerprint density at radius 2 is 1.71 bits per heavy atom. The number of halogens is 1. The molecule has 0 saturated heterocycles. The first-order valence-corrected chi connectivity index (χ1v) is 7.39. The second kappa shape index (κ2) is 7.91. The van der Waals surface area contributed by atoms with E-state index in [1.165, 1.54) is 6.07 Å². The number of rotatable bonds is 7. The van der Waals surface area contributed by atoms with Gasteiger partial charge in [0.15, 0.2) is 0 Å². The Morgan fingerprint density at radius 3 is 2.33 bits per heavy atom. The van der Waals surface area contributed by atoms with Crippen LogP contribution in [0.5, 0.6) is 0 Å². The molecule has 0 saturated carbocycles. The quantitative estimate of drug-likeness (QED) is 0.817. The third-order valence-electron chi connectivity index (χ3n) is 3.67. The third kappa shape index (κ3) is 4.38. The molecule has 0 heterocycles. The lowest BCUT2D eigenvalue weighted by Crippen LogP contribution is -2.37. The fourth-order valence-corrected chi connectivity index (χ4v) is 2.54.